The van der Waals surface area contributed by atoms with Crippen molar-refractivity contribution in [2.45, 2.75) is 13.2 Å². The van der Waals surface area contributed by atoms with E-state index in [2.05, 4.69) is 5.32 Å². The zero-order chi connectivity index (χ0) is 8.27. The van der Waals surface area contributed by atoms with Crippen LogP contribution in [0.15, 0.2) is 24.3 Å². The Balaban J connectivity index is 2.78. The van der Waals surface area contributed by atoms with Gasteiger partial charge in [0.25, 0.3) is 0 Å². The minimum absolute atomic E-state index is 0.322. The molecule has 11 heavy (non-hydrogen) atoms. The third kappa shape index (κ3) is 2.20. The van der Waals surface area contributed by atoms with E-state index in [1.54, 1.807) is 18.2 Å². The summed E-state index contributed by atoms with van der Waals surface area (Å²) in [7, 11) is 0. The molecule has 1 rings (SSSR count). The zero-order valence-electron chi connectivity index (χ0n) is 6.21. The van der Waals surface area contributed by atoms with Crippen LogP contribution in [0.4, 0.5) is 10.1 Å². The molecule has 1 aromatic carbocycles. The Morgan fingerprint density at radius 2 is 2.09 bits per heavy atom. The van der Waals surface area contributed by atoms with E-state index in [4.69, 9.17) is 5.11 Å². The second kappa shape index (κ2) is 3.34. The van der Waals surface area contributed by atoms with Gasteiger partial charge in [-0.25, -0.2) is 4.39 Å². The van der Waals surface area contributed by atoms with Gasteiger partial charge < -0.3 is 10.4 Å². The molecule has 0 aromatic heterocycles. The van der Waals surface area contributed by atoms with E-state index in [0.717, 1.165) is 0 Å². The first-order chi connectivity index (χ1) is 5.20. The van der Waals surface area contributed by atoms with Crippen LogP contribution in [0, 0.1) is 5.82 Å². The molecule has 2 N–H and O–H groups in total. The fourth-order valence-corrected chi connectivity index (χ4v) is 0.803. The molecule has 1 atom stereocenters. The first-order valence-corrected chi connectivity index (χ1v) is 3.39. The first kappa shape index (κ1) is 8.01. The second-order valence-electron chi connectivity index (χ2n) is 2.30. The van der Waals surface area contributed by atoms with Crippen LogP contribution in [-0.2, 0) is 0 Å². The number of aliphatic hydroxyl groups excluding tert-OH is 1. The summed E-state index contributed by atoms with van der Waals surface area (Å²) in [5.41, 5.74) is 0.322. The molecule has 60 valence electrons. The van der Waals surface area contributed by atoms with Gasteiger partial charge in [0.15, 0.2) is 0 Å². The van der Waals surface area contributed by atoms with E-state index in [9.17, 15) is 4.39 Å². The van der Waals surface area contributed by atoms with Crippen LogP contribution in [-0.4, -0.2) is 11.3 Å². The van der Waals surface area contributed by atoms with Gasteiger partial charge in [0.2, 0.25) is 0 Å². The lowest BCUT2D eigenvalue weighted by Crippen LogP contribution is -2.14. The molecule has 0 aliphatic heterocycles. The Morgan fingerprint density at radius 3 is 2.64 bits per heavy atom. The zero-order valence-corrected chi connectivity index (χ0v) is 6.21. The van der Waals surface area contributed by atoms with Crippen molar-refractivity contribution < 1.29 is 9.50 Å². The van der Waals surface area contributed by atoms with E-state index >= 15 is 0 Å². The number of nitrogens with one attached hydrogen (secondary N) is 1. The minimum atomic E-state index is -0.730. The first-order valence-electron chi connectivity index (χ1n) is 3.39. The van der Waals surface area contributed by atoms with Gasteiger partial charge in [0, 0.05) is 0 Å². The molecule has 0 fully saturated rings. The van der Waals surface area contributed by atoms with E-state index in [-0.39, 0.29) is 5.82 Å². The molecule has 0 amide bonds. The van der Waals surface area contributed by atoms with Crippen LogP contribution in [0.25, 0.3) is 0 Å². The number of hydrogen-bond acceptors (Lipinski definition) is 2. The van der Waals surface area contributed by atoms with Crippen LogP contribution >= 0.6 is 0 Å². The number of halogens is 1. The Kier molecular flexibility index (Phi) is 2.44. The van der Waals surface area contributed by atoms with Crippen molar-refractivity contribution in [2.24, 2.45) is 0 Å². The van der Waals surface area contributed by atoms with Crippen molar-refractivity contribution in [3.05, 3.63) is 30.1 Å². The maximum atomic E-state index is 12.8. The Morgan fingerprint density at radius 1 is 1.45 bits per heavy atom. The van der Waals surface area contributed by atoms with Crippen LogP contribution in [0.3, 0.4) is 0 Å². The van der Waals surface area contributed by atoms with Gasteiger partial charge in [0.05, 0.1) is 5.69 Å². The van der Waals surface area contributed by atoms with Gasteiger partial charge in [-0.15, -0.1) is 0 Å². The molecule has 3 heteroatoms. The highest BCUT2D eigenvalue weighted by Crippen LogP contribution is 2.12. The summed E-state index contributed by atoms with van der Waals surface area (Å²) in [6.45, 7) is 1.53. The Hall–Kier alpha value is -1.09. The van der Waals surface area contributed by atoms with Gasteiger partial charge in [-0.05, 0) is 19.1 Å². The standard InChI is InChI=1S/C8H10FNO/c1-6(11)10-8-5-3-2-4-7(8)9/h2-6,10-11H,1H3. The SMILES string of the molecule is CC(O)Nc1ccccc1F. The molecule has 2 nitrogen and oxygen atoms in total. The lowest BCUT2D eigenvalue weighted by Gasteiger charge is -2.08. The number of benzene rings is 1. The number of rotatable bonds is 2. The van der Waals surface area contributed by atoms with Crippen molar-refractivity contribution in [3.8, 4) is 0 Å². The highest BCUT2D eigenvalue weighted by molar-refractivity contribution is 5.44. The second-order valence-corrected chi connectivity index (χ2v) is 2.30. The van der Waals surface area contributed by atoms with E-state index in [1.165, 1.54) is 13.0 Å². The molecular formula is C8H10FNO. The van der Waals surface area contributed by atoms with Crippen LogP contribution in [0.5, 0.6) is 0 Å². The molecule has 0 aliphatic carbocycles. The fraction of sp³-hybridized carbons (Fsp3) is 0.250. The van der Waals surface area contributed by atoms with Gasteiger partial charge in [-0.2, -0.15) is 0 Å². The predicted molar refractivity (Wildman–Crippen MR) is 41.7 cm³/mol. The average Bonchev–Trinajstić information content (AvgIpc) is 1.93. The van der Waals surface area contributed by atoms with E-state index in [0.29, 0.717) is 5.69 Å². The highest BCUT2D eigenvalue weighted by Gasteiger charge is 2.00. The third-order valence-corrected chi connectivity index (χ3v) is 1.24. The summed E-state index contributed by atoms with van der Waals surface area (Å²) in [4.78, 5) is 0. The Labute approximate surface area is 64.7 Å². The fourth-order valence-electron chi connectivity index (χ4n) is 0.803. The number of para-hydroxylation sites is 1. The molecule has 1 aromatic rings. The van der Waals surface area contributed by atoms with Crippen molar-refractivity contribution in [2.75, 3.05) is 5.32 Å². The van der Waals surface area contributed by atoms with Gasteiger partial charge in [0.1, 0.15) is 12.0 Å². The largest absolute Gasteiger partial charge is 0.374 e. The predicted octanol–water partition coefficient (Wildman–Crippen LogP) is 1.58. The van der Waals surface area contributed by atoms with E-state index < -0.39 is 6.23 Å². The topological polar surface area (TPSA) is 32.3 Å². The summed E-state index contributed by atoms with van der Waals surface area (Å²) < 4.78 is 12.8. The maximum Gasteiger partial charge on any atom is 0.146 e. The smallest absolute Gasteiger partial charge is 0.146 e. The van der Waals surface area contributed by atoms with Gasteiger partial charge >= 0.3 is 0 Å². The van der Waals surface area contributed by atoms with Crippen molar-refractivity contribution in [1.82, 2.24) is 0 Å². The molecule has 0 saturated heterocycles. The molecule has 0 aliphatic rings. The minimum Gasteiger partial charge on any atom is -0.374 e. The summed E-state index contributed by atoms with van der Waals surface area (Å²) in [5.74, 6) is -0.353. The van der Waals surface area contributed by atoms with Crippen molar-refractivity contribution in [1.29, 1.82) is 0 Å². The number of hydrogen-bond donors (Lipinski definition) is 2. The van der Waals surface area contributed by atoms with E-state index in [1.807, 2.05) is 0 Å². The molecule has 0 spiro atoms. The van der Waals surface area contributed by atoms with Gasteiger partial charge in [-0.1, -0.05) is 12.1 Å². The van der Waals surface area contributed by atoms with Gasteiger partial charge in [-0.3, -0.25) is 0 Å². The molecule has 0 saturated carbocycles. The van der Waals surface area contributed by atoms with Crippen LogP contribution in [0.1, 0.15) is 6.92 Å². The summed E-state index contributed by atoms with van der Waals surface area (Å²) >= 11 is 0. The lowest BCUT2D eigenvalue weighted by molar-refractivity contribution is 0.224. The monoisotopic (exact) mass is 155 g/mol. The van der Waals surface area contributed by atoms with Crippen LogP contribution < -0.4 is 5.32 Å². The normalized spacial score (nSPS) is 12.6. The van der Waals surface area contributed by atoms with Crippen molar-refractivity contribution >= 4 is 5.69 Å². The maximum absolute atomic E-state index is 12.8. The summed E-state index contributed by atoms with van der Waals surface area (Å²) in [6, 6.07) is 6.21. The average molecular weight is 155 g/mol. The third-order valence-electron chi connectivity index (χ3n) is 1.24. The Bertz CT molecular complexity index is 237. The highest BCUT2D eigenvalue weighted by atomic mass is 19.1. The number of aliphatic hydroxyl groups is 1. The molecule has 0 heterocycles. The molecule has 1 unspecified atom stereocenters. The van der Waals surface area contributed by atoms with Crippen molar-refractivity contribution in [3.63, 3.8) is 0 Å². The van der Waals surface area contributed by atoms with Crippen LogP contribution in [0.2, 0.25) is 0 Å². The molecular weight excluding hydrogens is 145 g/mol. The lowest BCUT2D eigenvalue weighted by atomic mass is 10.3. The summed E-state index contributed by atoms with van der Waals surface area (Å²) in [6.07, 6.45) is -0.730. The summed E-state index contributed by atoms with van der Waals surface area (Å²) in [5, 5.41) is 11.4. The molecule has 0 radical (unpaired) electrons. The number of anilines is 1. The quantitative estimate of drug-likeness (QED) is 0.635. The molecule has 0 bridgehead atoms.